The van der Waals surface area contributed by atoms with Gasteiger partial charge in [-0.05, 0) is 13.0 Å². The third kappa shape index (κ3) is 7.35. The highest BCUT2D eigenvalue weighted by Gasteiger charge is 1.96. The van der Waals surface area contributed by atoms with E-state index < -0.39 is 12.3 Å². The Labute approximate surface area is 59.4 Å². The van der Waals surface area contributed by atoms with Crippen LogP contribution in [0, 0.1) is 0 Å². The Balaban J connectivity index is 2.98. The van der Waals surface area contributed by atoms with Gasteiger partial charge in [0.25, 0.3) is 0 Å². The maximum Gasteiger partial charge on any atom is 0.303 e. The zero-order valence-corrected chi connectivity index (χ0v) is 5.71. The van der Waals surface area contributed by atoms with Crippen molar-refractivity contribution in [3.05, 3.63) is 0 Å². The van der Waals surface area contributed by atoms with E-state index in [1.165, 1.54) is 0 Å². The van der Waals surface area contributed by atoms with Crippen molar-refractivity contribution in [3.63, 3.8) is 0 Å². The van der Waals surface area contributed by atoms with Crippen LogP contribution in [0.5, 0.6) is 0 Å². The second kappa shape index (κ2) is 5.16. The molecule has 0 radical (unpaired) electrons. The van der Waals surface area contributed by atoms with Gasteiger partial charge in [-0.1, -0.05) is 0 Å². The van der Waals surface area contributed by atoms with E-state index in [0.29, 0.717) is 13.0 Å². The van der Waals surface area contributed by atoms with Gasteiger partial charge >= 0.3 is 5.97 Å². The van der Waals surface area contributed by atoms with Gasteiger partial charge in [0.15, 0.2) is 0 Å². The Morgan fingerprint density at radius 2 is 2.20 bits per heavy atom. The maximum atomic E-state index is 9.95. The third-order valence-corrected chi connectivity index (χ3v) is 0.947. The van der Waals surface area contributed by atoms with E-state index in [0.717, 1.165) is 0 Å². The predicted octanol–water partition coefficient (Wildman–Crippen LogP) is -1.36. The molecule has 0 spiro atoms. The van der Waals surface area contributed by atoms with Crippen LogP contribution in [0.4, 0.5) is 0 Å². The number of carboxylic acids is 1. The van der Waals surface area contributed by atoms with E-state index in [2.05, 4.69) is 5.32 Å². The molecule has 0 aliphatic heterocycles. The molecule has 0 saturated carbocycles. The summed E-state index contributed by atoms with van der Waals surface area (Å²) >= 11 is 0. The quantitative estimate of drug-likeness (QED) is 0.284. The first-order chi connectivity index (χ1) is 4.63. The lowest BCUT2D eigenvalue weighted by Crippen LogP contribution is -2.45. The molecular weight excluding hydrogens is 134 g/mol. The van der Waals surface area contributed by atoms with Crippen molar-refractivity contribution in [2.24, 2.45) is 11.5 Å². The first kappa shape index (κ1) is 9.35. The van der Waals surface area contributed by atoms with E-state index in [-0.39, 0.29) is 6.42 Å². The standard InChI is InChI=1S/C5H13N3O2/c6-5(7)8-3-1-2-4(9)10/h5,8H,1-3,6-7H2,(H,9,10). The second-order valence-electron chi connectivity index (χ2n) is 1.98. The number of nitrogens with two attached hydrogens (primary N) is 2. The Morgan fingerprint density at radius 3 is 2.60 bits per heavy atom. The minimum Gasteiger partial charge on any atom is -0.481 e. The molecule has 0 amide bonds. The minimum atomic E-state index is -0.799. The number of aliphatic carboxylic acids is 1. The molecule has 0 aliphatic carbocycles. The van der Waals surface area contributed by atoms with Gasteiger partial charge in [-0.2, -0.15) is 0 Å². The molecule has 5 nitrogen and oxygen atoms in total. The summed E-state index contributed by atoms with van der Waals surface area (Å²) in [5, 5.41) is 10.9. The molecule has 0 aliphatic rings. The van der Waals surface area contributed by atoms with Gasteiger partial charge in [0, 0.05) is 6.42 Å². The summed E-state index contributed by atoms with van der Waals surface area (Å²) in [5.41, 5.74) is 10.3. The monoisotopic (exact) mass is 147 g/mol. The highest BCUT2D eigenvalue weighted by atomic mass is 16.4. The summed E-state index contributed by atoms with van der Waals surface area (Å²) in [5.74, 6) is -0.799. The van der Waals surface area contributed by atoms with Crippen molar-refractivity contribution in [3.8, 4) is 0 Å². The van der Waals surface area contributed by atoms with Crippen LogP contribution in [-0.2, 0) is 4.79 Å². The summed E-state index contributed by atoms with van der Waals surface area (Å²) in [4.78, 5) is 9.95. The van der Waals surface area contributed by atoms with Crippen molar-refractivity contribution in [2.75, 3.05) is 6.54 Å². The summed E-state index contributed by atoms with van der Waals surface area (Å²) in [6.45, 7) is 0.546. The molecule has 6 N–H and O–H groups in total. The Morgan fingerprint density at radius 1 is 1.60 bits per heavy atom. The van der Waals surface area contributed by atoms with E-state index in [4.69, 9.17) is 16.6 Å². The molecule has 0 aromatic heterocycles. The van der Waals surface area contributed by atoms with E-state index in [1.54, 1.807) is 0 Å². The van der Waals surface area contributed by atoms with Crippen LogP contribution in [0.3, 0.4) is 0 Å². The smallest absolute Gasteiger partial charge is 0.303 e. The van der Waals surface area contributed by atoms with Crippen LogP contribution in [0.1, 0.15) is 12.8 Å². The fourth-order valence-corrected chi connectivity index (χ4v) is 0.508. The van der Waals surface area contributed by atoms with Crippen molar-refractivity contribution >= 4 is 5.97 Å². The summed E-state index contributed by atoms with van der Waals surface area (Å²) in [7, 11) is 0. The highest BCUT2D eigenvalue weighted by Crippen LogP contribution is 1.84. The van der Waals surface area contributed by atoms with Crippen LogP contribution < -0.4 is 16.8 Å². The molecule has 10 heavy (non-hydrogen) atoms. The van der Waals surface area contributed by atoms with Gasteiger partial charge < -0.3 is 16.6 Å². The van der Waals surface area contributed by atoms with Gasteiger partial charge in [0.1, 0.15) is 6.29 Å². The Kier molecular flexibility index (Phi) is 4.82. The van der Waals surface area contributed by atoms with Gasteiger partial charge in [-0.25, -0.2) is 0 Å². The van der Waals surface area contributed by atoms with Gasteiger partial charge in [-0.15, -0.1) is 0 Å². The number of nitrogens with one attached hydrogen (secondary N) is 1. The molecule has 0 bridgehead atoms. The normalized spacial score (nSPS) is 10.3. The summed E-state index contributed by atoms with van der Waals surface area (Å²) in [6, 6.07) is 0. The highest BCUT2D eigenvalue weighted by molar-refractivity contribution is 5.66. The van der Waals surface area contributed by atoms with Gasteiger partial charge in [0.2, 0.25) is 0 Å². The van der Waals surface area contributed by atoms with Crippen molar-refractivity contribution < 1.29 is 9.90 Å². The lowest BCUT2D eigenvalue weighted by atomic mass is 10.3. The van der Waals surface area contributed by atoms with Gasteiger partial charge in [0.05, 0.1) is 0 Å². The predicted molar refractivity (Wildman–Crippen MR) is 37.0 cm³/mol. The average Bonchev–Trinajstić information content (AvgIpc) is 1.79. The Bertz CT molecular complexity index is 105. The van der Waals surface area contributed by atoms with Crippen LogP contribution in [0.2, 0.25) is 0 Å². The molecule has 5 heteroatoms. The van der Waals surface area contributed by atoms with Crippen molar-refractivity contribution in [1.82, 2.24) is 5.32 Å². The third-order valence-electron chi connectivity index (χ3n) is 0.947. The lowest BCUT2D eigenvalue weighted by molar-refractivity contribution is -0.137. The van der Waals surface area contributed by atoms with Crippen LogP contribution in [-0.4, -0.2) is 23.9 Å². The molecular formula is C5H13N3O2. The summed E-state index contributed by atoms with van der Waals surface area (Å²) < 4.78 is 0. The van der Waals surface area contributed by atoms with Crippen LogP contribution in [0.25, 0.3) is 0 Å². The SMILES string of the molecule is NC(N)NCCCC(=O)O. The van der Waals surface area contributed by atoms with Crippen LogP contribution >= 0.6 is 0 Å². The van der Waals surface area contributed by atoms with Crippen LogP contribution in [0.15, 0.2) is 0 Å². The van der Waals surface area contributed by atoms with E-state index in [1.807, 2.05) is 0 Å². The fraction of sp³-hybridized carbons (Fsp3) is 0.800. The number of carboxylic acid groups (broad SMARTS) is 1. The van der Waals surface area contributed by atoms with Gasteiger partial charge in [-0.3, -0.25) is 10.1 Å². The molecule has 60 valence electrons. The molecule has 0 atom stereocenters. The van der Waals surface area contributed by atoms with E-state index >= 15 is 0 Å². The molecule has 0 aromatic rings. The molecule has 0 unspecified atom stereocenters. The number of rotatable bonds is 5. The zero-order chi connectivity index (χ0) is 7.98. The number of carbonyl (C=O) groups is 1. The molecule has 0 fully saturated rings. The topological polar surface area (TPSA) is 101 Å². The van der Waals surface area contributed by atoms with Crippen molar-refractivity contribution in [1.29, 1.82) is 0 Å². The molecule has 0 aromatic carbocycles. The lowest BCUT2D eigenvalue weighted by Gasteiger charge is -2.05. The molecule has 0 rings (SSSR count). The molecule has 0 heterocycles. The maximum absolute atomic E-state index is 9.95. The minimum absolute atomic E-state index is 0.152. The number of hydrogen-bond acceptors (Lipinski definition) is 4. The summed E-state index contributed by atoms with van der Waals surface area (Å²) in [6.07, 6.45) is 0.161. The van der Waals surface area contributed by atoms with Crippen molar-refractivity contribution in [2.45, 2.75) is 19.1 Å². The zero-order valence-electron chi connectivity index (χ0n) is 5.71. The fourth-order valence-electron chi connectivity index (χ4n) is 0.508. The first-order valence-electron chi connectivity index (χ1n) is 3.09. The second-order valence-corrected chi connectivity index (χ2v) is 1.98. The first-order valence-corrected chi connectivity index (χ1v) is 3.09. The number of hydrogen-bond donors (Lipinski definition) is 4. The average molecular weight is 147 g/mol. The Hall–Kier alpha value is -0.650. The molecule has 0 saturated heterocycles. The van der Waals surface area contributed by atoms with E-state index in [9.17, 15) is 4.79 Å². The largest absolute Gasteiger partial charge is 0.481 e.